The lowest BCUT2D eigenvalue weighted by atomic mass is 10.2. The first-order chi connectivity index (χ1) is 10.1. The fourth-order valence-electron chi connectivity index (χ4n) is 2.82. The largest absolute Gasteiger partial charge is 0.329 e. The van der Waals surface area contributed by atoms with Crippen molar-refractivity contribution in [1.29, 1.82) is 0 Å². The third-order valence-corrected chi connectivity index (χ3v) is 4.06. The van der Waals surface area contributed by atoms with Gasteiger partial charge in [-0.15, -0.1) is 0 Å². The van der Waals surface area contributed by atoms with Gasteiger partial charge in [-0.2, -0.15) is 0 Å². The van der Waals surface area contributed by atoms with Crippen LogP contribution in [0, 0.1) is 0 Å². The summed E-state index contributed by atoms with van der Waals surface area (Å²) in [6.07, 6.45) is 10.8. The third-order valence-electron chi connectivity index (χ3n) is 4.06. The predicted octanol–water partition coefficient (Wildman–Crippen LogP) is 1.92. The number of hydrogen-bond donors (Lipinski definition) is 1. The monoisotopic (exact) mass is 287 g/mol. The molecule has 1 aliphatic rings. The Hall–Kier alpha value is -2.37. The molecule has 0 bridgehead atoms. The van der Waals surface area contributed by atoms with Crippen LogP contribution in [0.2, 0.25) is 0 Å². The number of carbonyl (C=O) groups is 1. The van der Waals surface area contributed by atoms with Gasteiger partial charge >= 0.3 is 6.03 Å². The molecule has 110 valence electrons. The maximum absolute atomic E-state index is 12.4. The van der Waals surface area contributed by atoms with E-state index >= 15 is 0 Å². The van der Waals surface area contributed by atoms with Crippen molar-refractivity contribution < 1.29 is 14.7 Å². The molecule has 2 aromatic heterocycles. The third kappa shape index (κ3) is 2.74. The molecule has 6 nitrogen and oxygen atoms in total. The van der Waals surface area contributed by atoms with E-state index in [0.29, 0.717) is 11.7 Å². The smallest absolute Gasteiger partial charge is 0.324 e. The molecule has 0 aromatic carbocycles. The van der Waals surface area contributed by atoms with E-state index in [9.17, 15) is 10.0 Å². The Morgan fingerprint density at radius 2 is 2.24 bits per heavy atom. The van der Waals surface area contributed by atoms with Crippen LogP contribution in [0.4, 0.5) is 4.79 Å². The zero-order chi connectivity index (χ0) is 14.8. The zero-order valence-electron chi connectivity index (χ0n) is 12.0. The van der Waals surface area contributed by atoms with Crippen LogP contribution in [0.3, 0.4) is 0 Å². The van der Waals surface area contributed by atoms with Gasteiger partial charge < -0.3 is 4.90 Å². The molecule has 1 amide bonds. The zero-order valence-corrected chi connectivity index (χ0v) is 12.0. The van der Waals surface area contributed by atoms with Gasteiger partial charge in [0.2, 0.25) is 12.4 Å². The van der Waals surface area contributed by atoms with E-state index in [-0.39, 0.29) is 6.03 Å². The van der Waals surface area contributed by atoms with Crippen molar-refractivity contribution in [3.8, 4) is 11.3 Å². The molecule has 1 saturated carbocycles. The summed E-state index contributed by atoms with van der Waals surface area (Å²) in [5.74, 6) is 0. The van der Waals surface area contributed by atoms with E-state index in [1.165, 1.54) is 29.9 Å². The lowest BCUT2D eigenvalue weighted by Crippen LogP contribution is -2.37. The minimum Gasteiger partial charge on any atom is -0.324 e. The summed E-state index contributed by atoms with van der Waals surface area (Å²) in [7, 11) is 1.85. The van der Waals surface area contributed by atoms with Gasteiger partial charge in [0.1, 0.15) is 6.33 Å². The highest BCUT2D eigenvalue weighted by Gasteiger charge is 2.24. The highest BCUT2D eigenvalue weighted by molar-refractivity contribution is 5.78. The van der Waals surface area contributed by atoms with E-state index in [2.05, 4.69) is 4.98 Å². The summed E-state index contributed by atoms with van der Waals surface area (Å²) >= 11 is 0. The van der Waals surface area contributed by atoms with Crippen LogP contribution in [0.25, 0.3) is 11.3 Å². The van der Waals surface area contributed by atoms with Gasteiger partial charge in [-0.3, -0.25) is 9.77 Å². The molecular weight excluding hydrogens is 268 g/mol. The summed E-state index contributed by atoms with van der Waals surface area (Å²) in [5.41, 5.74) is 1.42. The second-order valence-corrected chi connectivity index (χ2v) is 5.47. The van der Waals surface area contributed by atoms with Gasteiger partial charge in [0, 0.05) is 30.1 Å². The van der Waals surface area contributed by atoms with E-state index < -0.39 is 0 Å². The van der Waals surface area contributed by atoms with Gasteiger partial charge in [0.25, 0.3) is 0 Å². The highest BCUT2D eigenvalue weighted by Crippen LogP contribution is 2.23. The second-order valence-electron chi connectivity index (χ2n) is 5.47. The van der Waals surface area contributed by atoms with Crippen molar-refractivity contribution in [1.82, 2.24) is 14.5 Å². The minimum absolute atomic E-state index is 0.0616. The topological polar surface area (TPSA) is 62.2 Å². The fraction of sp³-hybridized carbons (Fsp3) is 0.400. The van der Waals surface area contributed by atoms with Crippen LogP contribution < -0.4 is 4.73 Å². The van der Waals surface area contributed by atoms with Crippen LogP contribution in [0.5, 0.6) is 0 Å². The lowest BCUT2D eigenvalue weighted by molar-refractivity contribution is -0.904. The van der Waals surface area contributed by atoms with Crippen LogP contribution in [-0.4, -0.2) is 38.8 Å². The number of pyridine rings is 1. The number of amides is 1. The van der Waals surface area contributed by atoms with E-state index in [4.69, 9.17) is 0 Å². The Labute approximate surface area is 123 Å². The van der Waals surface area contributed by atoms with Gasteiger partial charge in [0.15, 0.2) is 0 Å². The van der Waals surface area contributed by atoms with Gasteiger partial charge in [-0.05, 0) is 18.9 Å². The van der Waals surface area contributed by atoms with Crippen LogP contribution in [0.1, 0.15) is 25.7 Å². The summed E-state index contributed by atoms with van der Waals surface area (Å²) < 4.78 is 2.48. The Balaban J connectivity index is 1.79. The average Bonchev–Trinajstić information content (AvgIpc) is 3.17. The summed E-state index contributed by atoms with van der Waals surface area (Å²) in [4.78, 5) is 18.5. The predicted molar refractivity (Wildman–Crippen MR) is 75.9 cm³/mol. The summed E-state index contributed by atoms with van der Waals surface area (Å²) in [6, 6.07) is 3.83. The molecule has 21 heavy (non-hydrogen) atoms. The molecule has 2 aromatic rings. The SMILES string of the molecule is CN(C(=O)n1cnc(-c2ccc[n+](O)c2)c1)C1CCCC1. The number of rotatable bonds is 2. The Morgan fingerprint density at radius 1 is 1.48 bits per heavy atom. The van der Waals surface area contributed by atoms with Crippen molar-refractivity contribution in [2.24, 2.45) is 0 Å². The minimum atomic E-state index is -0.0616. The maximum Gasteiger partial charge on any atom is 0.329 e. The quantitative estimate of drug-likeness (QED) is 0.678. The maximum atomic E-state index is 12.4. The Kier molecular flexibility index (Phi) is 3.60. The molecule has 0 unspecified atom stereocenters. The van der Waals surface area contributed by atoms with Crippen molar-refractivity contribution in [2.45, 2.75) is 31.7 Å². The molecule has 0 radical (unpaired) electrons. The van der Waals surface area contributed by atoms with Crippen molar-refractivity contribution in [2.75, 3.05) is 7.05 Å². The standard InChI is InChI=1S/C15H19N4O2/c1-17(13-6-2-3-7-13)15(20)18-10-14(16-11-18)12-5-4-8-19(21)9-12/h4-5,8-11,13,21H,2-3,6-7H2,1H3/q+1. The van der Waals surface area contributed by atoms with E-state index in [0.717, 1.165) is 23.1 Å². The molecule has 1 aliphatic carbocycles. The molecule has 0 atom stereocenters. The Bertz CT molecular complexity index is 647. The molecule has 0 saturated heterocycles. The van der Waals surface area contributed by atoms with Gasteiger partial charge in [-0.25, -0.2) is 9.78 Å². The molecule has 2 heterocycles. The number of imidazole rings is 1. The second kappa shape index (κ2) is 5.55. The van der Waals surface area contributed by atoms with Crippen LogP contribution in [-0.2, 0) is 0 Å². The van der Waals surface area contributed by atoms with Crippen LogP contribution >= 0.6 is 0 Å². The molecule has 1 N–H and O–H groups in total. The number of carbonyl (C=O) groups excluding carboxylic acids is 1. The fourth-order valence-corrected chi connectivity index (χ4v) is 2.82. The molecule has 1 fully saturated rings. The Morgan fingerprint density at radius 3 is 2.95 bits per heavy atom. The van der Waals surface area contributed by atoms with Crippen molar-refractivity contribution in [3.05, 3.63) is 37.1 Å². The first kappa shape index (κ1) is 13.6. The van der Waals surface area contributed by atoms with Gasteiger partial charge in [-0.1, -0.05) is 12.8 Å². The molecule has 3 rings (SSSR count). The average molecular weight is 287 g/mol. The lowest BCUT2D eigenvalue weighted by Gasteiger charge is -2.23. The highest BCUT2D eigenvalue weighted by atomic mass is 16.5. The first-order valence-corrected chi connectivity index (χ1v) is 7.17. The summed E-state index contributed by atoms with van der Waals surface area (Å²) in [6.45, 7) is 0. The van der Waals surface area contributed by atoms with Gasteiger partial charge in [0.05, 0.1) is 11.3 Å². The number of hydrogen-bond acceptors (Lipinski definition) is 3. The van der Waals surface area contributed by atoms with Crippen LogP contribution in [0.15, 0.2) is 37.1 Å². The number of aromatic nitrogens is 3. The molecular formula is C15H19N4O2+. The first-order valence-electron chi connectivity index (χ1n) is 7.17. The normalized spacial score (nSPS) is 15.3. The molecule has 6 heteroatoms. The molecule has 0 aliphatic heterocycles. The number of nitrogens with zero attached hydrogens (tertiary/aromatic N) is 4. The molecule has 0 spiro atoms. The van der Waals surface area contributed by atoms with Crippen molar-refractivity contribution in [3.63, 3.8) is 0 Å². The van der Waals surface area contributed by atoms with E-state index in [1.807, 2.05) is 13.1 Å². The van der Waals surface area contributed by atoms with Crippen molar-refractivity contribution >= 4 is 6.03 Å². The van der Waals surface area contributed by atoms with E-state index in [1.54, 1.807) is 23.4 Å². The summed E-state index contributed by atoms with van der Waals surface area (Å²) in [5, 5.41) is 9.43.